The molecule has 0 radical (unpaired) electrons. The molecule has 1 atom stereocenters. The molecular formula is C4H6F2. The molecule has 0 saturated heterocycles. The minimum atomic E-state index is -1.47. The monoisotopic (exact) mass is 92.0 g/mol. The first-order chi connectivity index (χ1) is 2.81. The van der Waals surface area contributed by atoms with E-state index in [0.717, 1.165) is 6.08 Å². The summed E-state index contributed by atoms with van der Waals surface area (Å²) < 4.78 is 22.3. The number of hydrogen-bond donors (Lipinski definition) is 0. The van der Waals surface area contributed by atoms with Crippen LogP contribution in [0.3, 0.4) is 0 Å². The zero-order valence-electron chi connectivity index (χ0n) is 3.32. The van der Waals surface area contributed by atoms with Gasteiger partial charge < -0.3 is 0 Å². The zero-order chi connectivity index (χ0) is 4.99. The molecule has 2 heteroatoms. The molecular weight excluding hydrogens is 86.0 g/mol. The van der Waals surface area contributed by atoms with Gasteiger partial charge in [-0.05, 0) is 0 Å². The molecule has 0 N–H and O–H groups in total. The summed E-state index contributed by atoms with van der Waals surface area (Å²) in [6.45, 7) is 2.06. The molecule has 0 aromatic rings. The van der Waals surface area contributed by atoms with Crippen LogP contribution in [0.2, 0.25) is 0 Å². The van der Waals surface area contributed by atoms with E-state index >= 15 is 0 Å². The Bertz CT molecular complexity index is 42.8. The summed E-state index contributed by atoms with van der Waals surface area (Å²) in [6, 6.07) is 0. The second kappa shape index (κ2) is 2.82. The van der Waals surface area contributed by atoms with E-state index in [1.165, 1.54) is 0 Å². The van der Waals surface area contributed by atoms with E-state index in [1.807, 2.05) is 0 Å². The number of allylic oxidation sites excluding steroid dienone is 1. The number of hydrogen-bond acceptors (Lipinski definition) is 0. The van der Waals surface area contributed by atoms with Crippen molar-refractivity contribution in [2.75, 3.05) is 6.67 Å². The summed E-state index contributed by atoms with van der Waals surface area (Å²) >= 11 is 0. The van der Waals surface area contributed by atoms with Gasteiger partial charge in [0.05, 0.1) is 0 Å². The highest BCUT2D eigenvalue weighted by molar-refractivity contribution is 4.76. The highest BCUT2D eigenvalue weighted by atomic mass is 19.2. The maximum absolute atomic E-state index is 11.4. The van der Waals surface area contributed by atoms with Gasteiger partial charge in [0.25, 0.3) is 0 Å². The summed E-state index contributed by atoms with van der Waals surface area (Å²) in [6.07, 6.45) is -0.537. The quantitative estimate of drug-likeness (QED) is 0.452. The van der Waals surface area contributed by atoms with E-state index in [-0.39, 0.29) is 0 Å². The maximum atomic E-state index is 11.4. The molecule has 0 amide bonds. The first-order valence-corrected chi connectivity index (χ1v) is 1.64. The minimum Gasteiger partial charge on any atom is -0.248 e. The highest BCUT2D eigenvalue weighted by Gasteiger charge is 1.93. The molecule has 0 aromatic carbocycles. The topological polar surface area (TPSA) is 0 Å². The average Bonchev–Trinajstić information content (AvgIpc) is 1.65. The Morgan fingerprint density at radius 3 is 2.33 bits per heavy atom. The minimum absolute atomic E-state index is 0.931. The van der Waals surface area contributed by atoms with Gasteiger partial charge in [0.1, 0.15) is 12.8 Å². The number of halogens is 2. The molecule has 6 heavy (non-hydrogen) atoms. The first kappa shape index (κ1) is 5.60. The molecule has 0 bridgehead atoms. The summed E-state index contributed by atoms with van der Waals surface area (Å²) in [7, 11) is 0. The lowest BCUT2D eigenvalue weighted by Crippen LogP contribution is -1.93. The summed E-state index contributed by atoms with van der Waals surface area (Å²) in [5.74, 6) is 0. The van der Waals surface area contributed by atoms with Gasteiger partial charge in [0, 0.05) is 0 Å². The van der Waals surface area contributed by atoms with Gasteiger partial charge in [0.2, 0.25) is 0 Å². The highest BCUT2D eigenvalue weighted by Crippen LogP contribution is 1.89. The van der Waals surface area contributed by atoms with E-state index in [4.69, 9.17) is 0 Å². The van der Waals surface area contributed by atoms with Crippen LogP contribution in [-0.2, 0) is 0 Å². The van der Waals surface area contributed by atoms with Crippen LogP contribution in [0.1, 0.15) is 0 Å². The molecule has 0 heterocycles. The second-order valence-corrected chi connectivity index (χ2v) is 0.906. The Kier molecular flexibility index (Phi) is 2.63. The largest absolute Gasteiger partial charge is 0.248 e. The Balaban J connectivity index is 2.96. The van der Waals surface area contributed by atoms with Gasteiger partial charge in [-0.25, -0.2) is 8.78 Å². The fourth-order valence-electron chi connectivity index (χ4n) is 0.0630. The normalized spacial score (nSPS) is 13.7. The van der Waals surface area contributed by atoms with E-state index in [0.29, 0.717) is 0 Å². The number of alkyl halides is 2. The molecule has 0 fully saturated rings. The smallest absolute Gasteiger partial charge is 0.146 e. The predicted molar refractivity (Wildman–Crippen MR) is 21.1 cm³/mol. The van der Waals surface area contributed by atoms with Crippen molar-refractivity contribution >= 4 is 0 Å². The molecule has 0 aliphatic rings. The predicted octanol–water partition coefficient (Wildman–Crippen LogP) is 1.48. The Hall–Kier alpha value is -0.400. The maximum Gasteiger partial charge on any atom is 0.146 e. The van der Waals surface area contributed by atoms with Gasteiger partial charge in [-0.2, -0.15) is 0 Å². The fraction of sp³-hybridized carbons (Fsp3) is 0.500. The molecule has 1 unspecified atom stereocenters. The average molecular weight is 92.1 g/mol. The molecule has 0 spiro atoms. The zero-order valence-corrected chi connectivity index (χ0v) is 3.32. The fourth-order valence-corrected chi connectivity index (χ4v) is 0.0630. The van der Waals surface area contributed by atoms with Crippen LogP contribution >= 0.6 is 0 Å². The van der Waals surface area contributed by atoms with Crippen LogP contribution in [0.15, 0.2) is 12.7 Å². The molecule has 0 saturated carbocycles. The first-order valence-electron chi connectivity index (χ1n) is 1.64. The molecule has 0 rings (SSSR count). The van der Waals surface area contributed by atoms with Crippen molar-refractivity contribution in [2.24, 2.45) is 0 Å². The van der Waals surface area contributed by atoms with Crippen LogP contribution in [0.5, 0.6) is 0 Å². The van der Waals surface area contributed by atoms with Crippen LogP contribution in [0.25, 0.3) is 0 Å². The van der Waals surface area contributed by atoms with E-state index in [2.05, 4.69) is 6.58 Å². The van der Waals surface area contributed by atoms with Crippen molar-refractivity contribution in [3.63, 3.8) is 0 Å². The molecule has 0 aliphatic carbocycles. The van der Waals surface area contributed by atoms with Gasteiger partial charge in [0.15, 0.2) is 0 Å². The lowest BCUT2D eigenvalue weighted by Gasteiger charge is -1.86. The lowest BCUT2D eigenvalue weighted by molar-refractivity contribution is 0.310. The Morgan fingerprint density at radius 2 is 2.33 bits per heavy atom. The van der Waals surface area contributed by atoms with E-state index < -0.39 is 12.8 Å². The van der Waals surface area contributed by atoms with Crippen molar-refractivity contribution < 1.29 is 8.78 Å². The van der Waals surface area contributed by atoms with Gasteiger partial charge >= 0.3 is 0 Å². The van der Waals surface area contributed by atoms with Gasteiger partial charge in [-0.3, -0.25) is 0 Å². The van der Waals surface area contributed by atoms with E-state index in [1.54, 1.807) is 0 Å². The van der Waals surface area contributed by atoms with E-state index in [9.17, 15) is 8.78 Å². The van der Waals surface area contributed by atoms with Crippen molar-refractivity contribution in [2.45, 2.75) is 6.17 Å². The molecule has 0 nitrogen and oxygen atoms in total. The summed E-state index contributed by atoms with van der Waals surface area (Å²) in [5.41, 5.74) is 0. The van der Waals surface area contributed by atoms with Crippen LogP contribution in [0, 0.1) is 0 Å². The standard InChI is InChI=1S/C4H6F2/c1-2-4(6)3-5/h2,4H,1,3H2. The van der Waals surface area contributed by atoms with Crippen LogP contribution in [0.4, 0.5) is 8.78 Å². The Labute approximate surface area is 35.5 Å². The van der Waals surface area contributed by atoms with Crippen molar-refractivity contribution in [1.29, 1.82) is 0 Å². The van der Waals surface area contributed by atoms with Crippen LogP contribution in [-0.4, -0.2) is 12.8 Å². The van der Waals surface area contributed by atoms with Crippen LogP contribution < -0.4 is 0 Å². The molecule has 36 valence electrons. The summed E-state index contributed by atoms with van der Waals surface area (Å²) in [5, 5.41) is 0. The van der Waals surface area contributed by atoms with Crippen molar-refractivity contribution in [3.8, 4) is 0 Å². The third-order valence-electron chi connectivity index (χ3n) is 0.403. The number of rotatable bonds is 2. The van der Waals surface area contributed by atoms with Gasteiger partial charge in [-0.15, -0.1) is 6.58 Å². The lowest BCUT2D eigenvalue weighted by atomic mass is 10.4. The third kappa shape index (κ3) is 1.88. The summed E-state index contributed by atoms with van der Waals surface area (Å²) in [4.78, 5) is 0. The van der Waals surface area contributed by atoms with Crippen molar-refractivity contribution in [1.82, 2.24) is 0 Å². The second-order valence-electron chi connectivity index (χ2n) is 0.906. The van der Waals surface area contributed by atoms with Crippen molar-refractivity contribution in [3.05, 3.63) is 12.7 Å². The molecule has 0 aromatic heterocycles. The van der Waals surface area contributed by atoms with Gasteiger partial charge in [-0.1, -0.05) is 6.08 Å². The Morgan fingerprint density at radius 1 is 1.83 bits per heavy atom. The SMILES string of the molecule is C=CC(F)CF. The third-order valence-corrected chi connectivity index (χ3v) is 0.403. The molecule has 0 aliphatic heterocycles.